The van der Waals surface area contributed by atoms with Crippen LogP contribution in [-0.4, -0.2) is 39.5 Å². The first-order valence-corrected chi connectivity index (χ1v) is 8.64. The summed E-state index contributed by atoms with van der Waals surface area (Å²) >= 11 is 0. The van der Waals surface area contributed by atoms with E-state index in [9.17, 15) is 17.2 Å². The van der Waals surface area contributed by atoms with Crippen molar-refractivity contribution in [3.8, 4) is 0 Å². The summed E-state index contributed by atoms with van der Waals surface area (Å²) in [6.07, 6.45) is 4.71. The molecule has 1 saturated heterocycles. The van der Waals surface area contributed by atoms with Crippen LogP contribution < -0.4 is 4.72 Å². The predicted molar refractivity (Wildman–Crippen MR) is 76.5 cm³/mol. The molecule has 1 heterocycles. The molecule has 1 N–H and O–H groups in total. The van der Waals surface area contributed by atoms with Crippen molar-refractivity contribution in [2.24, 2.45) is 0 Å². The van der Waals surface area contributed by atoms with Gasteiger partial charge in [0.25, 0.3) is 0 Å². The third-order valence-electron chi connectivity index (χ3n) is 3.62. The predicted octanol–water partition coefficient (Wildman–Crippen LogP) is 2.12. The molecule has 4 nitrogen and oxygen atoms in total. The fourth-order valence-corrected chi connectivity index (χ4v) is 3.46. The molecule has 0 atom stereocenters. The van der Waals surface area contributed by atoms with Crippen molar-refractivity contribution in [3.63, 3.8) is 0 Å². The molecule has 0 amide bonds. The zero-order chi connectivity index (χ0) is 15.3. The summed E-state index contributed by atoms with van der Waals surface area (Å²) in [5.41, 5.74) is 0. The van der Waals surface area contributed by atoms with Crippen LogP contribution in [0.15, 0.2) is 23.1 Å². The molecule has 0 bridgehead atoms. The maximum Gasteiger partial charge on any atom is 0.240 e. The van der Waals surface area contributed by atoms with Crippen LogP contribution >= 0.6 is 0 Å². The van der Waals surface area contributed by atoms with E-state index >= 15 is 0 Å². The smallest absolute Gasteiger partial charge is 0.240 e. The number of sulfonamides is 1. The van der Waals surface area contributed by atoms with Gasteiger partial charge in [-0.3, -0.25) is 0 Å². The number of rotatable bonds is 5. The van der Waals surface area contributed by atoms with Crippen LogP contribution in [0.25, 0.3) is 0 Å². The highest BCUT2D eigenvalue weighted by Crippen LogP contribution is 2.13. The molecule has 0 aromatic heterocycles. The third-order valence-corrected chi connectivity index (χ3v) is 5.08. The van der Waals surface area contributed by atoms with Gasteiger partial charge in [0, 0.05) is 13.1 Å². The van der Waals surface area contributed by atoms with E-state index in [1.807, 2.05) is 0 Å². The lowest BCUT2D eigenvalue weighted by Crippen LogP contribution is -2.35. The molecule has 7 heteroatoms. The van der Waals surface area contributed by atoms with Crippen molar-refractivity contribution in [2.75, 3.05) is 26.2 Å². The van der Waals surface area contributed by atoms with E-state index in [1.165, 1.54) is 12.8 Å². The normalized spacial score (nSPS) is 17.6. The molecule has 0 saturated carbocycles. The molecule has 1 aromatic rings. The number of hydrogen-bond acceptors (Lipinski definition) is 3. The molecule has 1 aromatic carbocycles. The summed E-state index contributed by atoms with van der Waals surface area (Å²) in [5, 5.41) is 0. The summed E-state index contributed by atoms with van der Waals surface area (Å²) in [6.45, 7) is 2.85. The molecular formula is C14H20F2N2O2S. The molecule has 2 rings (SSSR count). The van der Waals surface area contributed by atoms with E-state index in [1.54, 1.807) is 0 Å². The maximum atomic E-state index is 13.1. The topological polar surface area (TPSA) is 49.4 Å². The minimum atomic E-state index is -3.79. The van der Waals surface area contributed by atoms with Gasteiger partial charge in [-0.15, -0.1) is 0 Å². The number of nitrogens with zero attached hydrogens (tertiary/aromatic N) is 1. The lowest BCUT2D eigenvalue weighted by atomic mass is 10.2. The van der Waals surface area contributed by atoms with Crippen molar-refractivity contribution >= 4 is 10.0 Å². The lowest BCUT2D eigenvalue weighted by molar-refractivity contribution is 0.290. The van der Waals surface area contributed by atoms with Crippen LogP contribution in [0.2, 0.25) is 0 Å². The average Bonchev–Trinajstić information content (AvgIpc) is 2.70. The lowest BCUT2D eigenvalue weighted by Gasteiger charge is -2.19. The molecule has 21 heavy (non-hydrogen) atoms. The first kappa shape index (κ1) is 16.3. The van der Waals surface area contributed by atoms with E-state index in [-0.39, 0.29) is 11.4 Å². The Morgan fingerprint density at radius 1 is 1.05 bits per heavy atom. The molecule has 118 valence electrons. The van der Waals surface area contributed by atoms with Crippen LogP contribution in [0, 0.1) is 11.6 Å². The van der Waals surface area contributed by atoms with Gasteiger partial charge < -0.3 is 4.90 Å². The first-order valence-electron chi connectivity index (χ1n) is 7.16. The molecule has 1 fully saturated rings. The second kappa shape index (κ2) is 7.29. The number of hydrogen-bond donors (Lipinski definition) is 1. The van der Waals surface area contributed by atoms with Crippen molar-refractivity contribution in [3.05, 3.63) is 29.8 Å². The minimum Gasteiger partial charge on any atom is -0.302 e. The fourth-order valence-electron chi connectivity index (χ4n) is 2.43. The molecule has 0 aliphatic carbocycles. The van der Waals surface area contributed by atoms with Gasteiger partial charge in [-0.05, 0) is 44.1 Å². The van der Waals surface area contributed by atoms with Crippen molar-refractivity contribution in [2.45, 2.75) is 30.6 Å². The Bertz CT molecular complexity index is 570. The van der Waals surface area contributed by atoms with Crippen LogP contribution in [0.4, 0.5) is 8.78 Å². The maximum absolute atomic E-state index is 13.1. The molecule has 0 unspecified atom stereocenters. The summed E-state index contributed by atoms with van der Waals surface area (Å²) in [5.74, 6) is -2.22. The third kappa shape index (κ3) is 4.72. The number of halogens is 2. The van der Waals surface area contributed by atoms with Gasteiger partial charge in [0.1, 0.15) is 0 Å². The Balaban J connectivity index is 1.90. The number of benzene rings is 1. The fraction of sp³-hybridized carbons (Fsp3) is 0.571. The quantitative estimate of drug-likeness (QED) is 0.905. The highest BCUT2D eigenvalue weighted by atomic mass is 32.2. The van der Waals surface area contributed by atoms with Gasteiger partial charge in [-0.2, -0.15) is 0 Å². The summed E-state index contributed by atoms with van der Waals surface area (Å²) in [4.78, 5) is 1.97. The Labute approximate surface area is 124 Å². The highest BCUT2D eigenvalue weighted by molar-refractivity contribution is 7.89. The second-order valence-electron chi connectivity index (χ2n) is 5.23. The Morgan fingerprint density at radius 3 is 2.33 bits per heavy atom. The van der Waals surface area contributed by atoms with Gasteiger partial charge in [-0.25, -0.2) is 21.9 Å². The Kier molecular flexibility index (Phi) is 5.66. The van der Waals surface area contributed by atoms with Gasteiger partial charge in [0.05, 0.1) is 4.90 Å². The molecule has 1 aliphatic heterocycles. The van der Waals surface area contributed by atoms with Crippen LogP contribution in [0.3, 0.4) is 0 Å². The molecule has 0 spiro atoms. The van der Waals surface area contributed by atoms with Crippen LogP contribution in [-0.2, 0) is 10.0 Å². The first-order chi connectivity index (χ1) is 9.99. The average molecular weight is 318 g/mol. The second-order valence-corrected chi connectivity index (χ2v) is 7.00. The monoisotopic (exact) mass is 318 g/mol. The van der Waals surface area contributed by atoms with Gasteiger partial charge in [0.2, 0.25) is 10.0 Å². The van der Waals surface area contributed by atoms with Gasteiger partial charge in [0.15, 0.2) is 11.6 Å². The Hall–Kier alpha value is -1.05. The standard InChI is InChI=1S/C14H20F2N2O2S/c15-13-6-5-12(11-14(13)16)21(19,20)17-7-10-18-8-3-1-2-4-9-18/h5-6,11,17H,1-4,7-10H2. The molecular weight excluding hydrogens is 298 g/mol. The summed E-state index contributed by atoms with van der Waals surface area (Å²) < 4.78 is 52.3. The van der Waals surface area contributed by atoms with E-state index < -0.39 is 21.7 Å². The number of likely N-dealkylation sites (tertiary alicyclic amines) is 1. The Morgan fingerprint density at radius 2 is 1.71 bits per heavy atom. The zero-order valence-corrected chi connectivity index (χ0v) is 12.6. The zero-order valence-electron chi connectivity index (χ0n) is 11.8. The molecule has 1 aliphatic rings. The number of nitrogens with one attached hydrogen (secondary N) is 1. The minimum absolute atomic E-state index is 0.253. The van der Waals surface area contributed by atoms with Crippen molar-refractivity contribution < 1.29 is 17.2 Å². The SMILES string of the molecule is O=S(=O)(NCCN1CCCCCC1)c1ccc(F)c(F)c1. The van der Waals surface area contributed by atoms with Gasteiger partial charge in [-0.1, -0.05) is 12.8 Å². The van der Waals surface area contributed by atoms with Crippen LogP contribution in [0.1, 0.15) is 25.7 Å². The summed E-state index contributed by atoms with van der Waals surface area (Å²) in [6, 6.07) is 2.58. The molecule has 0 radical (unpaired) electrons. The van der Waals surface area contributed by atoms with Crippen molar-refractivity contribution in [1.29, 1.82) is 0 Å². The largest absolute Gasteiger partial charge is 0.302 e. The highest BCUT2D eigenvalue weighted by Gasteiger charge is 2.17. The van der Waals surface area contributed by atoms with E-state index in [0.29, 0.717) is 12.6 Å². The van der Waals surface area contributed by atoms with E-state index in [2.05, 4.69) is 9.62 Å². The van der Waals surface area contributed by atoms with Crippen molar-refractivity contribution in [1.82, 2.24) is 9.62 Å². The summed E-state index contributed by atoms with van der Waals surface area (Å²) in [7, 11) is -3.79. The van der Waals surface area contributed by atoms with Crippen LogP contribution in [0.5, 0.6) is 0 Å². The van der Waals surface area contributed by atoms with E-state index in [4.69, 9.17) is 0 Å². The van der Waals surface area contributed by atoms with E-state index in [0.717, 1.165) is 38.1 Å². The van der Waals surface area contributed by atoms with Gasteiger partial charge >= 0.3 is 0 Å².